The molecular weight excluding hydrogens is 272 g/mol. The van der Waals surface area contributed by atoms with Crippen LogP contribution in [0.5, 0.6) is 0 Å². The fourth-order valence-corrected chi connectivity index (χ4v) is 5.14. The molecule has 0 radical (unpaired) electrons. The predicted molar refractivity (Wildman–Crippen MR) is 88.3 cm³/mol. The molecule has 6 unspecified atom stereocenters. The van der Waals surface area contributed by atoms with Crippen molar-refractivity contribution in [1.29, 1.82) is 0 Å². The summed E-state index contributed by atoms with van der Waals surface area (Å²) in [6.07, 6.45) is 17.4. The summed E-state index contributed by atoms with van der Waals surface area (Å²) in [5.74, 6) is 4.75. The summed E-state index contributed by atoms with van der Waals surface area (Å²) in [5.41, 5.74) is 0. The van der Waals surface area contributed by atoms with Gasteiger partial charge in [0, 0.05) is 0 Å². The van der Waals surface area contributed by atoms with Crippen LogP contribution in [-0.2, 0) is 9.47 Å². The van der Waals surface area contributed by atoms with Crippen LogP contribution in [0, 0.1) is 35.5 Å². The van der Waals surface area contributed by atoms with Crippen molar-refractivity contribution in [2.45, 2.75) is 51.7 Å². The van der Waals surface area contributed by atoms with Gasteiger partial charge in [-0.3, -0.25) is 0 Å². The Hall–Kier alpha value is -0.600. The molecule has 4 aliphatic rings. The largest absolute Gasteiger partial charge is 0.352 e. The van der Waals surface area contributed by atoms with Gasteiger partial charge in [-0.25, -0.2) is 0 Å². The van der Waals surface area contributed by atoms with E-state index < -0.39 is 0 Å². The first-order valence-electron chi connectivity index (χ1n) is 9.40. The number of ether oxygens (including phenoxy) is 2. The topological polar surface area (TPSA) is 18.5 Å². The SMILES string of the molecule is CCC(OCC1CC2C=CC(C2)C1)OCC1CC2C=CC1C2. The Bertz CT molecular complexity index is 427. The second-order valence-corrected chi connectivity index (χ2v) is 8.02. The van der Waals surface area contributed by atoms with Gasteiger partial charge in [0.15, 0.2) is 6.29 Å². The molecule has 4 rings (SSSR count). The molecule has 0 spiro atoms. The third kappa shape index (κ3) is 3.19. The van der Waals surface area contributed by atoms with Gasteiger partial charge in [-0.15, -0.1) is 0 Å². The first-order valence-corrected chi connectivity index (χ1v) is 9.40. The Labute approximate surface area is 134 Å². The number of fused-ring (bicyclic) bond motifs is 4. The summed E-state index contributed by atoms with van der Waals surface area (Å²) >= 11 is 0. The molecule has 2 heteroatoms. The second kappa shape index (κ2) is 6.49. The first-order chi connectivity index (χ1) is 10.8. The third-order valence-corrected chi connectivity index (χ3v) is 6.30. The van der Waals surface area contributed by atoms with Gasteiger partial charge in [0.25, 0.3) is 0 Å². The van der Waals surface area contributed by atoms with E-state index in [1.165, 1.54) is 32.1 Å². The zero-order chi connectivity index (χ0) is 14.9. The molecule has 0 aromatic carbocycles. The fraction of sp³-hybridized carbons (Fsp3) is 0.800. The van der Waals surface area contributed by atoms with Crippen LogP contribution in [0.2, 0.25) is 0 Å². The highest BCUT2D eigenvalue weighted by Crippen LogP contribution is 2.43. The average molecular weight is 302 g/mol. The normalized spacial score (nSPS) is 43.1. The van der Waals surface area contributed by atoms with Crippen LogP contribution in [0.4, 0.5) is 0 Å². The Morgan fingerprint density at radius 1 is 0.818 bits per heavy atom. The van der Waals surface area contributed by atoms with E-state index in [1.54, 1.807) is 0 Å². The van der Waals surface area contributed by atoms with Gasteiger partial charge in [-0.1, -0.05) is 31.2 Å². The Morgan fingerprint density at radius 2 is 1.50 bits per heavy atom. The van der Waals surface area contributed by atoms with Crippen LogP contribution in [0.15, 0.2) is 24.3 Å². The second-order valence-electron chi connectivity index (χ2n) is 8.02. The molecular formula is C20H30O2. The molecule has 122 valence electrons. The molecule has 0 amide bonds. The lowest BCUT2D eigenvalue weighted by Gasteiger charge is -2.29. The Kier molecular flexibility index (Phi) is 4.41. The van der Waals surface area contributed by atoms with E-state index >= 15 is 0 Å². The lowest BCUT2D eigenvalue weighted by atomic mass is 9.80. The first kappa shape index (κ1) is 15.0. The van der Waals surface area contributed by atoms with Gasteiger partial charge in [0.1, 0.15) is 0 Å². The van der Waals surface area contributed by atoms with E-state index in [4.69, 9.17) is 9.47 Å². The molecule has 0 aliphatic heterocycles. The van der Waals surface area contributed by atoms with Crippen LogP contribution in [-0.4, -0.2) is 19.5 Å². The summed E-state index contributed by atoms with van der Waals surface area (Å²) in [7, 11) is 0. The van der Waals surface area contributed by atoms with Crippen molar-refractivity contribution in [1.82, 2.24) is 0 Å². The highest BCUT2D eigenvalue weighted by atomic mass is 16.7. The molecule has 2 fully saturated rings. The number of hydrogen-bond donors (Lipinski definition) is 0. The van der Waals surface area contributed by atoms with Gasteiger partial charge in [0.05, 0.1) is 13.2 Å². The molecule has 0 heterocycles. The Balaban J connectivity index is 1.19. The fourth-order valence-electron chi connectivity index (χ4n) is 5.14. The summed E-state index contributed by atoms with van der Waals surface area (Å²) < 4.78 is 12.2. The van der Waals surface area contributed by atoms with Crippen LogP contribution in [0.25, 0.3) is 0 Å². The van der Waals surface area contributed by atoms with Crippen molar-refractivity contribution in [3.63, 3.8) is 0 Å². The van der Waals surface area contributed by atoms with Crippen LogP contribution < -0.4 is 0 Å². The lowest BCUT2D eigenvalue weighted by molar-refractivity contribution is -0.161. The molecule has 2 nitrogen and oxygen atoms in total. The molecule has 4 bridgehead atoms. The zero-order valence-electron chi connectivity index (χ0n) is 13.8. The number of rotatable bonds is 7. The minimum absolute atomic E-state index is 0.00986. The van der Waals surface area contributed by atoms with Crippen LogP contribution in [0.1, 0.15) is 45.4 Å². The summed E-state index contributed by atoms with van der Waals surface area (Å²) in [4.78, 5) is 0. The molecule has 6 atom stereocenters. The monoisotopic (exact) mass is 302 g/mol. The summed E-state index contributed by atoms with van der Waals surface area (Å²) in [6.45, 7) is 3.96. The van der Waals surface area contributed by atoms with Gasteiger partial charge in [0.2, 0.25) is 0 Å². The van der Waals surface area contributed by atoms with Crippen molar-refractivity contribution in [3.8, 4) is 0 Å². The van der Waals surface area contributed by atoms with E-state index in [1.807, 2.05) is 0 Å². The average Bonchev–Trinajstić information content (AvgIpc) is 3.23. The molecule has 4 aliphatic carbocycles. The van der Waals surface area contributed by atoms with E-state index in [9.17, 15) is 0 Å². The maximum atomic E-state index is 6.13. The van der Waals surface area contributed by atoms with Gasteiger partial charge >= 0.3 is 0 Å². The summed E-state index contributed by atoms with van der Waals surface area (Å²) in [5, 5.41) is 0. The van der Waals surface area contributed by atoms with E-state index in [-0.39, 0.29) is 6.29 Å². The van der Waals surface area contributed by atoms with E-state index in [0.29, 0.717) is 0 Å². The quantitative estimate of drug-likeness (QED) is 0.506. The number of hydrogen-bond acceptors (Lipinski definition) is 2. The van der Waals surface area contributed by atoms with Crippen molar-refractivity contribution >= 4 is 0 Å². The number of allylic oxidation sites excluding steroid dienone is 4. The standard InChI is InChI=1S/C20H30O2/c1-2-20(22-13-19-11-16-5-6-18(19)10-16)21-12-17-8-14-3-4-15(7-14)9-17/h3-6,14-20H,2,7-13H2,1H3. The van der Waals surface area contributed by atoms with Crippen molar-refractivity contribution in [3.05, 3.63) is 24.3 Å². The minimum Gasteiger partial charge on any atom is -0.352 e. The van der Waals surface area contributed by atoms with Gasteiger partial charge in [-0.05, 0) is 74.0 Å². The minimum atomic E-state index is 0.00986. The molecule has 0 aromatic rings. The molecule has 0 N–H and O–H groups in total. The maximum Gasteiger partial charge on any atom is 0.157 e. The molecule has 0 aromatic heterocycles. The zero-order valence-corrected chi connectivity index (χ0v) is 13.8. The molecule has 0 saturated heterocycles. The highest BCUT2D eigenvalue weighted by molar-refractivity contribution is 5.10. The predicted octanol–water partition coefficient (Wildman–Crippen LogP) is 4.57. The highest BCUT2D eigenvalue weighted by Gasteiger charge is 2.36. The van der Waals surface area contributed by atoms with E-state index in [0.717, 1.165) is 55.1 Å². The maximum absolute atomic E-state index is 6.13. The van der Waals surface area contributed by atoms with Crippen molar-refractivity contribution in [2.24, 2.45) is 35.5 Å². The van der Waals surface area contributed by atoms with Crippen LogP contribution in [0.3, 0.4) is 0 Å². The lowest BCUT2D eigenvalue weighted by Crippen LogP contribution is -2.27. The van der Waals surface area contributed by atoms with Crippen molar-refractivity contribution in [2.75, 3.05) is 13.2 Å². The third-order valence-electron chi connectivity index (χ3n) is 6.30. The Morgan fingerprint density at radius 3 is 2.14 bits per heavy atom. The summed E-state index contributed by atoms with van der Waals surface area (Å²) in [6, 6.07) is 0. The van der Waals surface area contributed by atoms with Gasteiger partial charge in [-0.2, -0.15) is 0 Å². The molecule has 2 saturated carbocycles. The van der Waals surface area contributed by atoms with Crippen molar-refractivity contribution < 1.29 is 9.47 Å². The van der Waals surface area contributed by atoms with Crippen LogP contribution >= 0.6 is 0 Å². The molecule has 22 heavy (non-hydrogen) atoms. The van der Waals surface area contributed by atoms with E-state index in [2.05, 4.69) is 31.2 Å². The smallest absolute Gasteiger partial charge is 0.157 e. The van der Waals surface area contributed by atoms with Gasteiger partial charge < -0.3 is 9.47 Å².